The molecule has 0 aliphatic rings. The highest BCUT2D eigenvalue weighted by Crippen LogP contribution is 2.22. The Balaban J connectivity index is 1.64. The molecule has 136 valence electrons. The molecule has 0 amide bonds. The molecule has 0 N–H and O–H groups in total. The number of ether oxygens (including phenoxy) is 1. The van der Waals surface area contributed by atoms with Gasteiger partial charge in [0.05, 0.1) is 17.8 Å². The Kier molecular flexibility index (Phi) is 5.59. The first-order chi connectivity index (χ1) is 12.5. The molecule has 3 rings (SSSR count). The molecule has 4 nitrogen and oxygen atoms in total. The van der Waals surface area contributed by atoms with Crippen molar-refractivity contribution in [3.05, 3.63) is 72.3 Å². The molecule has 5 heteroatoms. The molecule has 26 heavy (non-hydrogen) atoms. The quantitative estimate of drug-likeness (QED) is 0.636. The van der Waals surface area contributed by atoms with Gasteiger partial charge in [0.1, 0.15) is 5.75 Å². The van der Waals surface area contributed by atoms with Gasteiger partial charge in [0.2, 0.25) is 0 Å². The molecule has 0 heterocycles. The number of benzene rings is 3. The van der Waals surface area contributed by atoms with Crippen LogP contribution in [0.25, 0.3) is 10.8 Å². The minimum Gasteiger partial charge on any atom is -0.497 e. The number of sulfone groups is 1. The van der Waals surface area contributed by atoms with Crippen LogP contribution in [0.4, 0.5) is 0 Å². The van der Waals surface area contributed by atoms with Crippen LogP contribution in [-0.4, -0.2) is 39.8 Å². The van der Waals surface area contributed by atoms with E-state index in [1.54, 1.807) is 31.4 Å². The molecule has 0 atom stereocenters. The van der Waals surface area contributed by atoms with E-state index >= 15 is 0 Å². The van der Waals surface area contributed by atoms with Crippen molar-refractivity contribution >= 4 is 20.6 Å². The third kappa shape index (κ3) is 4.42. The normalized spacial score (nSPS) is 11.8. The molecule has 0 fully saturated rings. The van der Waals surface area contributed by atoms with Crippen LogP contribution in [0.3, 0.4) is 0 Å². The zero-order valence-electron chi connectivity index (χ0n) is 15.1. The van der Waals surface area contributed by atoms with Crippen molar-refractivity contribution in [2.75, 3.05) is 26.5 Å². The first kappa shape index (κ1) is 18.4. The van der Waals surface area contributed by atoms with Gasteiger partial charge in [0, 0.05) is 13.1 Å². The maximum Gasteiger partial charge on any atom is 0.179 e. The monoisotopic (exact) mass is 369 g/mol. The van der Waals surface area contributed by atoms with Gasteiger partial charge in [-0.1, -0.05) is 36.4 Å². The van der Waals surface area contributed by atoms with Gasteiger partial charge in [-0.05, 0) is 53.7 Å². The van der Waals surface area contributed by atoms with Crippen LogP contribution >= 0.6 is 0 Å². The lowest BCUT2D eigenvalue weighted by Gasteiger charge is -2.17. The van der Waals surface area contributed by atoms with Crippen LogP contribution in [0.5, 0.6) is 5.75 Å². The fourth-order valence-electron chi connectivity index (χ4n) is 2.91. The first-order valence-electron chi connectivity index (χ1n) is 8.51. The van der Waals surface area contributed by atoms with E-state index in [1.807, 2.05) is 36.2 Å². The summed E-state index contributed by atoms with van der Waals surface area (Å²) in [5.74, 6) is 0.951. The van der Waals surface area contributed by atoms with Crippen LogP contribution in [0.2, 0.25) is 0 Å². The van der Waals surface area contributed by atoms with Crippen LogP contribution in [-0.2, 0) is 16.4 Å². The lowest BCUT2D eigenvalue weighted by Crippen LogP contribution is -2.25. The molecule has 0 saturated carbocycles. The van der Waals surface area contributed by atoms with Gasteiger partial charge in [0.25, 0.3) is 0 Å². The van der Waals surface area contributed by atoms with Crippen molar-refractivity contribution in [3.63, 3.8) is 0 Å². The molecule has 0 aliphatic carbocycles. The van der Waals surface area contributed by atoms with Gasteiger partial charge in [0.15, 0.2) is 9.84 Å². The summed E-state index contributed by atoms with van der Waals surface area (Å²) >= 11 is 0. The van der Waals surface area contributed by atoms with Gasteiger partial charge in [-0.2, -0.15) is 0 Å². The molecule has 3 aromatic rings. The third-order valence-electron chi connectivity index (χ3n) is 4.41. The summed E-state index contributed by atoms with van der Waals surface area (Å²) in [6.07, 6.45) is 0. The van der Waals surface area contributed by atoms with Crippen molar-refractivity contribution in [3.8, 4) is 5.75 Å². The summed E-state index contributed by atoms with van der Waals surface area (Å²) in [6, 6.07) is 20.9. The van der Waals surface area contributed by atoms with E-state index in [4.69, 9.17) is 4.74 Å². The highest BCUT2D eigenvalue weighted by atomic mass is 32.2. The van der Waals surface area contributed by atoms with E-state index in [0.29, 0.717) is 18.0 Å². The first-order valence-corrected chi connectivity index (χ1v) is 10.2. The lowest BCUT2D eigenvalue weighted by molar-refractivity contribution is 0.346. The van der Waals surface area contributed by atoms with Gasteiger partial charge in [-0.15, -0.1) is 0 Å². The van der Waals surface area contributed by atoms with Gasteiger partial charge in [-0.3, -0.25) is 0 Å². The fourth-order valence-corrected chi connectivity index (χ4v) is 4.27. The van der Waals surface area contributed by atoms with Gasteiger partial charge < -0.3 is 9.64 Å². The van der Waals surface area contributed by atoms with E-state index in [0.717, 1.165) is 22.1 Å². The predicted molar refractivity (Wildman–Crippen MR) is 105 cm³/mol. The van der Waals surface area contributed by atoms with E-state index in [9.17, 15) is 8.42 Å². The molecule has 0 aromatic heterocycles. The summed E-state index contributed by atoms with van der Waals surface area (Å²) < 4.78 is 30.0. The van der Waals surface area contributed by atoms with Crippen LogP contribution in [0.15, 0.2) is 71.6 Å². The van der Waals surface area contributed by atoms with Gasteiger partial charge in [-0.25, -0.2) is 8.42 Å². The molecule has 0 saturated heterocycles. The average molecular weight is 369 g/mol. The second-order valence-corrected chi connectivity index (χ2v) is 8.53. The van der Waals surface area contributed by atoms with Crippen molar-refractivity contribution in [1.29, 1.82) is 0 Å². The molecular weight excluding hydrogens is 346 g/mol. The summed E-state index contributed by atoms with van der Waals surface area (Å²) in [6.45, 7) is 1.18. The Bertz CT molecular complexity index is 985. The van der Waals surface area contributed by atoms with E-state index in [1.165, 1.54) is 0 Å². The number of methoxy groups -OCH3 is 1. The standard InChI is InChI=1S/C21H23NO3S/c1-22(12-13-26(23,24)21-6-4-3-5-7-21)16-17-8-9-19-15-20(25-2)11-10-18(19)14-17/h3-11,14-15H,12-13,16H2,1-2H3. The molecule has 0 unspecified atom stereocenters. The van der Waals surface area contributed by atoms with Crippen LogP contribution < -0.4 is 4.74 Å². The maximum atomic E-state index is 12.4. The SMILES string of the molecule is COc1ccc2cc(CN(C)CCS(=O)(=O)c3ccccc3)ccc2c1. The Labute approximate surface area is 154 Å². The van der Waals surface area contributed by atoms with E-state index < -0.39 is 9.84 Å². The third-order valence-corrected chi connectivity index (χ3v) is 6.12. The van der Waals surface area contributed by atoms with Crippen LogP contribution in [0, 0.1) is 0 Å². The largest absolute Gasteiger partial charge is 0.497 e. The Morgan fingerprint density at radius 1 is 0.923 bits per heavy atom. The highest BCUT2D eigenvalue weighted by molar-refractivity contribution is 7.91. The second-order valence-electron chi connectivity index (χ2n) is 6.42. The summed E-state index contributed by atoms with van der Waals surface area (Å²) in [5.41, 5.74) is 1.15. The van der Waals surface area contributed by atoms with Crippen molar-refractivity contribution in [2.45, 2.75) is 11.4 Å². The van der Waals surface area contributed by atoms with Crippen molar-refractivity contribution < 1.29 is 13.2 Å². The average Bonchev–Trinajstić information content (AvgIpc) is 2.67. The fraction of sp³-hybridized carbons (Fsp3) is 0.238. The molecule has 0 radical (unpaired) electrons. The molecular formula is C21H23NO3S. The minimum absolute atomic E-state index is 0.109. The molecule has 0 bridgehead atoms. The number of hydrogen-bond acceptors (Lipinski definition) is 4. The maximum absolute atomic E-state index is 12.4. The number of hydrogen-bond donors (Lipinski definition) is 0. The predicted octanol–water partition coefficient (Wildman–Crippen LogP) is 3.75. The van der Waals surface area contributed by atoms with E-state index in [-0.39, 0.29) is 5.75 Å². The van der Waals surface area contributed by atoms with Crippen molar-refractivity contribution in [1.82, 2.24) is 4.90 Å². The Hall–Kier alpha value is -2.37. The minimum atomic E-state index is -3.25. The van der Waals surface area contributed by atoms with Gasteiger partial charge >= 0.3 is 0 Å². The topological polar surface area (TPSA) is 46.6 Å². The Morgan fingerprint density at radius 2 is 1.62 bits per heavy atom. The Morgan fingerprint density at radius 3 is 2.35 bits per heavy atom. The zero-order chi connectivity index (χ0) is 18.6. The highest BCUT2D eigenvalue weighted by Gasteiger charge is 2.15. The lowest BCUT2D eigenvalue weighted by atomic mass is 10.1. The zero-order valence-corrected chi connectivity index (χ0v) is 15.9. The van der Waals surface area contributed by atoms with Crippen molar-refractivity contribution in [2.24, 2.45) is 0 Å². The number of rotatable bonds is 7. The summed E-state index contributed by atoms with van der Waals surface area (Å²) in [4.78, 5) is 2.42. The molecule has 3 aromatic carbocycles. The summed E-state index contributed by atoms with van der Waals surface area (Å²) in [5, 5.41) is 2.27. The number of fused-ring (bicyclic) bond motifs is 1. The summed E-state index contributed by atoms with van der Waals surface area (Å²) in [7, 11) is 0.358. The number of nitrogens with zero attached hydrogens (tertiary/aromatic N) is 1. The smallest absolute Gasteiger partial charge is 0.179 e. The van der Waals surface area contributed by atoms with Crippen LogP contribution in [0.1, 0.15) is 5.56 Å². The molecule has 0 spiro atoms. The second kappa shape index (κ2) is 7.89. The van der Waals surface area contributed by atoms with E-state index in [2.05, 4.69) is 18.2 Å². The molecule has 0 aliphatic heterocycles.